The van der Waals surface area contributed by atoms with Crippen molar-refractivity contribution in [3.63, 3.8) is 0 Å². The minimum absolute atomic E-state index is 0.111. The zero-order valence-electron chi connectivity index (χ0n) is 13.2. The Kier molecular flexibility index (Phi) is 6.58. The molecule has 0 aromatic heterocycles. The van der Waals surface area contributed by atoms with E-state index in [9.17, 15) is 28.5 Å². The van der Waals surface area contributed by atoms with Gasteiger partial charge in [0, 0.05) is 11.8 Å². The second-order valence-corrected chi connectivity index (χ2v) is 6.42. The van der Waals surface area contributed by atoms with Crippen LogP contribution in [0, 0.1) is 17.5 Å². The van der Waals surface area contributed by atoms with Crippen LogP contribution < -0.4 is 11.1 Å². The highest BCUT2D eigenvalue weighted by Crippen LogP contribution is 2.27. The maximum atomic E-state index is 13.3. The van der Waals surface area contributed by atoms with Crippen LogP contribution >= 0.6 is 11.8 Å². The van der Waals surface area contributed by atoms with Crippen molar-refractivity contribution in [2.45, 2.75) is 29.8 Å². The molecule has 0 aliphatic carbocycles. The first-order chi connectivity index (χ1) is 11.8. The number of thioether (sulfide) groups is 1. The van der Waals surface area contributed by atoms with E-state index in [1.165, 1.54) is 11.8 Å². The van der Waals surface area contributed by atoms with Crippen LogP contribution in [-0.2, 0) is 4.74 Å². The molecule has 6 N–H and O–H groups in total. The van der Waals surface area contributed by atoms with E-state index in [0.29, 0.717) is 0 Å². The average molecular weight is 380 g/mol. The summed E-state index contributed by atoms with van der Waals surface area (Å²) in [6.45, 7) is -0.462. The number of aliphatic hydroxyl groups excluding tert-OH is 3. The summed E-state index contributed by atoms with van der Waals surface area (Å²) in [5, 5.41) is 32.3. The van der Waals surface area contributed by atoms with Crippen molar-refractivity contribution >= 4 is 17.5 Å². The van der Waals surface area contributed by atoms with Crippen molar-refractivity contribution in [2.24, 2.45) is 5.73 Å². The number of nitrogens with one attached hydrogen (secondary N) is 1. The number of aliphatic hydroxyl groups is 3. The van der Waals surface area contributed by atoms with E-state index in [1.54, 1.807) is 6.26 Å². The molecule has 1 aromatic carbocycles. The van der Waals surface area contributed by atoms with Gasteiger partial charge in [-0.2, -0.15) is 0 Å². The van der Waals surface area contributed by atoms with Gasteiger partial charge in [-0.1, -0.05) is 0 Å². The second-order valence-electron chi connectivity index (χ2n) is 5.49. The van der Waals surface area contributed by atoms with Crippen LogP contribution in [0.2, 0.25) is 0 Å². The largest absolute Gasteiger partial charge is 0.397 e. The number of benzene rings is 1. The smallest absolute Gasteiger partial charge is 0.194 e. The van der Waals surface area contributed by atoms with E-state index in [0.717, 1.165) is 18.3 Å². The van der Waals surface area contributed by atoms with Crippen LogP contribution in [0.5, 0.6) is 0 Å². The first-order valence-corrected chi connectivity index (χ1v) is 8.60. The van der Waals surface area contributed by atoms with Crippen molar-refractivity contribution in [2.75, 3.05) is 12.9 Å². The molecule has 1 fully saturated rings. The van der Waals surface area contributed by atoms with Crippen molar-refractivity contribution in [3.05, 3.63) is 41.3 Å². The van der Waals surface area contributed by atoms with Gasteiger partial charge in [0.25, 0.3) is 0 Å². The van der Waals surface area contributed by atoms with Crippen LogP contribution in [0.4, 0.5) is 13.2 Å². The van der Waals surface area contributed by atoms with Gasteiger partial charge < -0.3 is 31.1 Å². The summed E-state index contributed by atoms with van der Waals surface area (Å²) >= 11 is 1.19. The molecule has 140 valence electrons. The highest BCUT2D eigenvalue weighted by atomic mass is 32.2. The third kappa shape index (κ3) is 4.21. The molecule has 2 rings (SSSR count). The van der Waals surface area contributed by atoms with E-state index >= 15 is 0 Å². The van der Waals surface area contributed by atoms with Crippen LogP contribution in [0.15, 0.2) is 18.3 Å². The summed E-state index contributed by atoms with van der Waals surface area (Å²) in [6, 6.07) is 0.505. The monoisotopic (exact) mass is 380 g/mol. The Morgan fingerprint density at radius 3 is 2.40 bits per heavy atom. The lowest BCUT2D eigenvalue weighted by Gasteiger charge is -2.41. The van der Waals surface area contributed by atoms with Crippen LogP contribution in [0.25, 0.3) is 5.70 Å². The zero-order chi connectivity index (χ0) is 18.7. The lowest BCUT2D eigenvalue weighted by Crippen LogP contribution is -2.62. The molecule has 0 spiro atoms. The topological polar surface area (TPSA) is 108 Å². The molecule has 0 saturated carbocycles. The average Bonchev–Trinajstić information content (AvgIpc) is 2.59. The van der Waals surface area contributed by atoms with Gasteiger partial charge in [0.15, 0.2) is 17.5 Å². The van der Waals surface area contributed by atoms with Crippen molar-refractivity contribution < 1.29 is 33.2 Å². The molecule has 1 aromatic rings. The molecule has 1 aliphatic rings. The van der Waals surface area contributed by atoms with Gasteiger partial charge in [-0.15, -0.1) is 11.8 Å². The van der Waals surface area contributed by atoms with Crippen molar-refractivity contribution in [3.8, 4) is 0 Å². The molecule has 5 atom stereocenters. The maximum absolute atomic E-state index is 13.3. The molecule has 0 radical (unpaired) electrons. The standard InChI is InChI=1S/C15H19F3N2O4S/c1-25-15-14(23)12(13(22)10(5-21)24-15)20-4-9(19)6-2-7(16)11(18)8(17)3-6/h2-4,10,12-15,20-23H,5,19H2,1H3/b9-4-. The summed E-state index contributed by atoms with van der Waals surface area (Å²) in [7, 11) is 0. The van der Waals surface area contributed by atoms with Gasteiger partial charge in [-0.25, -0.2) is 13.2 Å². The summed E-state index contributed by atoms with van der Waals surface area (Å²) in [6.07, 6.45) is -0.493. The van der Waals surface area contributed by atoms with E-state index in [1.807, 2.05) is 0 Å². The van der Waals surface area contributed by atoms with E-state index in [-0.39, 0.29) is 11.3 Å². The minimum Gasteiger partial charge on any atom is -0.397 e. The predicted octanol–water partition coefficient (Wildman–Crippen LogP) is 0.121. The Balaban J connectivity index is 2.20. The second kappa shape index (κ2) is 8.28. The SMILES string of the molecule is CSC1OC(CO)C(O)C(N/C=C(\N)c2cc(F)c(F)c(F)c2)C1O. The molecule has 0 amide bonds. The molecule has 1 saturated heterocycles. The third-order valence-corrected chi connectivity index (χ3v) is 4.72. The molecule has 5 unspecified atom stereocenters. The number of halogens is 3. The fraction of sp³-hybridized carbons (Fsp3) is 0.467. The van der Waals surface area contributed by atoms with Gasteiger partial charge in [0.2, 0.25) is 0 Å². The number of ether oxygens (including phenoxy) is 1. The fourth-order valence-corrected chi connectivity index (χ4v) is 3.17. The molecule has 0 bridgehead atoms. The Labute approximate surface area is 146 Å². The lowest BCUT2D eigenvalue weighted by molar-refractivity contribution is -0.164. The van der Waals surface area contributed by atoms with Gasteiger partial charge >= 0.3 is 0 Å². The summed E-state index contributed by atoms with van der Waals surface area (Å²) < 4.78 is 44.9. The number of nitrogens with two attached hydrogens (primary N) is 1. The Morgan fingerprint density at radius 2 is 1.88 bits per heavy atom. The minimum atomic E-state index is -1.60. The van der Waals surface area contributed by atoms with Gasteiger partial charge in [0.05, 0.1) is 18.3 Å². The van der Waals surface area contributed by atoms with Gasteiger partial charge in [-0.05, 0) is 18.4 Å². The molecule has 1 heterocycles. The Morgan fingerprint density at radius 1 is 1.28 bits per heavy atom. The Bertz CT molecular complexity index is 610. The van der Waals surface area contributed by atoms with Gasteiger partial charge in [0.1, 0.15) is 23.7 Å². The highest BCUT2D eigenvalue weighted by Gasteiger charge is 2.43. The van der Waals surface area contributed by atoms with E-state index < -0.39 is 53.8 Å². The van der Waals surface area contributed by atoms with E-state index in [2.05, 4.69) is 5.32 Å². The molecular weight excluding hydrogens is 361 g/mol. The molecular formula is C15H19F3N2O4S. The number of hydrogen-bond donors (Lipinski definition) is 5. The summed E-state index contributed by atoms with van der Waals surface area (Å²) in [4.78, 5) is 0. The third-order valence-electron chi connectivity index (χ3n) is 3.87. The van der Waals surface area contributed by atoms with Crippen molar-refractivity contribution in [1.82, 2.24) is 5.32 Å². The zero-order valence-corrected chi connectivity index (χ0v) is 14.0. The highest BCUT2D eigenvalue weighted by molar-refractivity contribution is 7.99. The van der Waals surface area contributed by atoms with Crippen molar-refractivity contribution in [1.29, 1.82) is 0 Å². The molecule has 1 aliphatic heterocycles. The van der Waals surface area contributed by atoms with E-state index in [4.69, 9.17) is 10.5 Å². The van der Waals surface area contributed by atoms with Crippen LogP contribution in [-0.4, -0.2) is 58.0 Å². The lowest BCUT2D eigenvalue weighted by atomic mass is 9.97. The number of rotatable bonds is 5. The molecule has 25 heavy (non-hydrogen) atoms. The van der Waals surface area contributed by atoms with Crippen LogP contribution in [0.3, 0.4) is 0 Å². The quantitative estimate of drug-likeness (QED) is 0.462. The fourth-order valence-electron chi connectivity index (χ4n) is 2.47. The summed E-state index contributed by atoms with van der Waals surface area (Å²) in [5.74, 6) is -4.38. The first-order valence-electron chi connectivity index (χ1n) is 7.32. The maximum Gasteiger partial charge on any atom is 0.194 e. The normalized spacial score (nSPS) is 30.4. The van der Waals surface area contributed by atoms with Crippen LogP contribution in [0.1, 0.15) is 5.56 Å². The Hall–Kier alpha value is -1.46. The summed E-state index contributed by atoms with van der Waals surface area (Å²) in [5.41, 5.74) is 4.77. The first kappa shape index (κ1) is 19.9. The number of hydrogen-bond acceptors (Lipinski definition) is 7. The molecule has 6 nitrogen and oxygen atoms in total. The predicted molar refractivity (Wildman–Crippen MR) is 86.7 cm³/mol. The van der Waals surface area contributed by atoms with Gasteiger partial charge in [-0.3, -0.25) is 0 Å². The molecule has 10 heteroatoms.